The molecule has 88 valence electrons. The molecule has 0 amide bonds. The molecule has 0 aliphatic carbocycles. The summed E-state index contributed by atoms with van der Waals surface area (Å²) in [5.41, 5.74) is 2.00. The molecule has 0 radical (unpaired) electrons. The Kier molecular flexibility index (Phi) is 2.74. The van der Waals surface area contributed by atoms with E-state index in [0.717, 1.165) is 35.8 Å². The number of fused-ring (bicyclic) bond motifs is 1. The summed E-state index contributed by atoms with van der Waals surface area (Å²) < 4.78 is 1.50. The minimum Gasteiger partial charge on any atom is -0.312 e. The van der Waals surface area contributed by atoms with Crippen molar-refractivity contribution in [1.29, 1.82) is 0 Å². The van der Waals surface area contributed by atoms with Crippen LogP contribution in [0.5, 0.6) is 0 Å². The van der Waals surface area contributed by atoms with Crippen LogP contribution >= 0.6 is 11.3 Å². The Morgan fingerprint density at radius 3 is 3.29 bits per heavy atom. The third-order valence-electron chi connectivity index (χ3n) is 2.79. The Hall–Kier alpha value is -1.53. The zero-order chi connectivity index (χ0) is 11.7. The molecule has 3 rings (SSSR count). The molecule has 3 heterocycles. The average molecular weight is 248 g/mol. The van der Waals surface area contributed by atoms with Crippen molar-refractivity contribution < 1.29 is 0 Å². The summed E-state index contributed by atoms with van der Waals surface area (Å²) in [5.74, 6) is 0. The van der Waals surface area contributed by atoms with Crippen molar-refractivity contribution in [3.05, 3.63) is 44.3 Å². The van der Waals surface area contributed by atoms with Crippen LogP contribution in [-0.4, -0.2) is 21.3 Å². The topological polar surface area (TPSA) is 59.8 Å². The van der Waals surface area contributed by atoms with Crippen LogP contribution in [0, 0.1) is 0 Å². The van der Waals surface area contributed by atoms with Crippen LogP contribution in [0.15, 0.2) is 22.4 Å². The van der Waals surface area contributed by atoms with Gasteiger partial charge in [-0.25, -0.2) is 9.67 Å². The monoisotopic (exact) mass is 248 g/mol. The van der Waals surface area contributed by atoms with E-state index < -0.39 is 0 Å². The van der Waals surface area contributed by atoms with Crippen molar-refractivity contribution in [3.63, 3.8) is 0 Å². The van der Waals surface area contributed by atoms with Crippen molar-refractivity contribution in [2.45, 2.75) is 19.5 Å². The number of hydrogen-bond donors (Lipinski definition) is 1. The summed E-state index contributed by atoms with van der Waals surface area (Å²) in [7, 11) is 0. The lowest BCUT2D eigenvalue weighted by Gasteiger charge is -2.16. The molecule has 0 unspecified atom stereocenters. The molecule has 1 N–H and O–H groups in total. The zero-order valence-electron chi connectivity index (χ0n) is 9.22. The van der Waals surface area contributed by atoms with Crippen molar-refractivity contribution >= 4 is 11.3 Å². The first-order valence-electron chi connectivity index (χ1n) is 5.52. The normalized spacial score (nSPS) is 14.6. The third-order valence-corrected chi connectivity index (χ3v) is 3.55. The van der Waals surface area contributed by atoms with E-state index in [2.05, 4.69) is 15.4 Å². The summed E-state index contributed by atoms with van der Waals surface area (Å²) in [4.78, 5) is 16.0. The highest BCUT2D eigenvalue weighted by Crippen LogP contribution is 2.09. The summed E-state index contributed by atoms with van der Waals surface area (Å²) in [6.45, 7) is 2.14. The summed E-state index contributed by atoms with van der Waals surface area (Å²) in [5, 5.41) is 10.5. The second kappa shape index (κ2) is 4.38. The molecule has 1 aliphatic rings. The summed E-state index contributed by atoms with van der Waals surface area (Å²) in [6, 6.07) is 1.68. The van der Waals surface area contributed by atoms with Gasteiger partial charge in [-0.05, 0) is 5.56 Å². The molecule has 0 fully saturated rings. The average Bonchev–Trinajstić information content (AvgIpc) is 2.83. The van der Waals surface area contributed by atoms with Gasteiger partial charge in [-0.3, -0.25) is 4.79 Å². The Bertz CT molecular complexity index is 576. The van der Waals surface area contributed by atoms with Gasteiger partial charge in [0.15, 0.2) is 0 Å². The lowest BCUT2D eigenvalue weighted by Crippen LogP contribution is -2.31. The maximum Gasteiger partial charge on any atom is 0.267 e. The molecule has 0 atom stereocenters. The van der Waals surface area contributed by atoms with Crippen molar-refractivity contribution in [2.24, 2.45) is 0 Å². The molecule has 17 heavy (non-hydrogen) atoms. The van der Waals surface area contributed by atoms with Crippen LogP contribution in [-0.2, 0) is 19.5 Å². The van der Waals surface area contributed by atoms with Crippen LogP contribution in [0.2, 0.25) is 0 Å². The minimum atomic E-state index is -0.0531. The van der Waals surface area contributed by atoms with Crippen LogP contribution in [0.4, 0.5) is 0 Å². The van der Waals surface area contributed by atoms with Gasteiger partial charge in [0.05, 0.1) is 12.2 Å². The van der Waals surface area contributed by atoms with Gasteiger partial charge in [-0.2, -0.15) is 5.10 Å². The number of rotatable bonds is 2. The fraction of sp³-hybridized carbons (Fsp3) is 0.364. The molecular formula is C11H12N4OS. The fourth-order valence-corrected chi connectivity index (χ4v) is 2.53. The number of hydrogen-bond acceptors (Lipinski definition) is 5. The van der Waals surface area contributed by atoms with Gasteiger partial charge >= 0.3 is 0 Å². The molecular weight excluding hydrogens is 236 g/mol. The number of thiazole rings is 1. The SMILES string of the molecule is O=c1cc2c(nn1Cc1nccs1)CCNC2. The first-order valence-corrected chi connectivity index (χ1v) is 6.40. The largest absolute Gasteiger partial charge is 0.312 e. The van der Waals surface area contributed by atoms with Crippen LogP contribution in [0.1, 0.15) is 16.3 Å². The van der Waals surface area contributed by atoms with E-state index in [1.807, 2.05) is 5.38 Å². The second-order valence-electron chi connectivity index (χ2n) is 3.96. The van der Waals surface area contributed by atoms with E-state index in [1.54, 1.807) is 23.6 Å². The lowest BCUT2D eigenvalue weighted by molar-refractivity contribution is 0.561. The molecule has 2 aromatic rings. The molecule has 0 saturated carbocycles. The molecule has 0 saturated heterocycles. The Balaban J connectivity index is 1.97. The van der Waals surface area contributed by atoms with Gasteiger partial charge < -0.3 is 5.32 Å². The smallest absolute Gasteiger partial charge is 0.267 e. The summed E-state index contributed by atoms with van der Waals surface area (Å²) >= 11 is 1.54. The number of nitrogens with zero attached hydrogens (tertiary/aromatic N) is 3. The van der Waals surface area contributed by atoms with Gasteiger partial charge in [0.1, 0.15) is 5.01 Å². The Morgan fingerprint density at radius 2 is 2.47 bits per heavy atom. The summed E-state index contributed by atoms with van der Waals surface area (Å²) in [6.07, 6.45) is 2.63. The van der Waals surface area contributed by atoms with E-state index in [9.17, 15) is 4.79 Å². The third kappa shape index (κ3) is 2.13. The van der Waals surface area contributed by atoms with Crippen LogP contribution in [0.25, 0.3) is 0 Å². The first kappa shape index (κ1) is 10.6. The lowest BCUT2D eigenvalue weighted by atomic mass is 10.1. The van der Waals surface area contributed by atoms with E-state index in [4.69, 9.17) is 0 Å². The molecule has 0 aromatic carbocycles. The molecule has 6 heteroatoms. The predicted molar refractivity (Wildman–Crippen MR) is 65.1 cm³/mol. The van der Waals surface area contributed by atoms with Crippen molar-refractivity contribution in [3.8, 4) is 0 Å². The van der Waals surface area contributed by atoms with Crippen LogP contribution < -0.4 is 10.9 Å². The number of aromatic nitrogens is 3. The molecule has 1 aliphatic heterocycles. The molecule has 0 bridgehead atoms. The van der Waals surface area contributed by atoms with Gasteiger partial charge in [0, 0.05) is 37.2 Å². The van der Waals surface area contributed by atoms with Gasteiger partial charge in [0.2, 0.25) is 0 Å². The van der Waals surface area contributed by atoms with Gasteiger partial charge in [-0.15, -0.1) is 11.3 Å². The highest BCUT2D eigenvalue weighted by atomic mass is 32.1. The molecule has 0 spiro atoms. The molecule has 5 nitrogen and oxygen atoms in total. The quantitative estimate of drug-likeness (QED) is 0.835. The highest BCUT2D eigenvalue weighted by molar-refractivity contribution is 7.09. The maximum atomic E-state index is 11.9. The van der Waals surface area contributed by atoms with E-state index in [1.165, 1.54) is 4.68 Å². The van der Waals surface area contributed by atoms with E-state index in [-0.39, 0.29) is 5.56 Å². The Labute approximate surface area is 102 Å². The minimum absolute atomic E-state index is 0.0531. The number of nitrogens with one attached hydrogen (secondary N) is 1. The standard InChI is InChI=1S/C11H12N4OS/c16-11-5-8-6-12-2-1-9(8)14-15(11)7-10-13-3-4-17-10/h3-5,12H,1-2,6-7H2. The van der Waals surface area contributed by atoms with Crippen molar-refractivity contribution in [2.75, 3.05) is 6.54 Å². The van der Waals surface area contributed by atoms with Crippen molar-refractivity contribution in [1.82, 2.24) is 20.1 Å². The van der Waals surface area contributed by atoms with Gasteiger partial charge in [-0.1, -0.05) is 0 Å². The van der Waals surface area contributed by atoms with E-state index >= 15 is 0 Å². The van der Waals surface area contributed by atoms with Crippen LogP contribution in [0.3, 0.4) is 0 Å². The zero-order valence-corrected chi connectivity index (χ0v) is 10.0. The highest BCUT2D eigenvalue weighted by Gasteiger charge is 2.13. The maximum absolute atomic E-state index is 11.9. The predicted octanol–water partition coefficient (Wildman–Crippen LogP) is 0.394. The fourth-order valence-electron chi connectivity index (χ4n) is 1.93. The second-order valence-corrected chi connectivity index (χ2v) is 4.94. The molecule has 2 aromatic heterocycles. The van der Waals surface area contributed by atoms with Gasteiger partial charge in [0.25, 0.3) is 5.56 Å². The van der Waals surface area contributed by atoms with E-state index in [0.29, 0.717) is 6.54 Å². The Morgan fingerprint density at radius 1 is 1.53 bits per heavy atom. The first-order chi connectivity index (χ1) is 8.33.